The zero-order valence-electron chi connectivity index (χ0n) is 7.54. The van der Waals surface area contributed by atoms with Crippen LogP contribution in [0.5, 0.6) is 0 Å². The van der Waals surface area contributed by atoms with Crippen molar-refractivity contribution in [3.05, 3.63) is 0 Å². The normalized spacial score (nSPS) is 11.4. The number of rotatable bonds is 5. The Morgan fingerprint density at radius 1 is 1.62 bits per heavy atom. The van der Waals surface area contributed by atoms with Crippen molar-refractivity contribution in [2.45, 2.75) is 19.8 Å². The van der Waals surface area contributed by atoms with E-state index in [0.717, 1.165) is 6.42 Å². The lowest BCUT2D eigenvalue weighted by molar-refractivity contribution is -0.141. The Labute approximate surface area is 77.3 Å². The van der Waals surface area contributed by atoms with Gasteiger partial charge in [-0.05, 0) is 12.3 Å². The van der Waals surface area contributed by atoms with Gasteiger partial charge in [-0.2, -0.15) is 0 Å². The average molecular weight is 183 g/mol. The molecule has 2 N–H and O–H groups in total. The maximum Gasteiger partial charge on any atom is 0.308 e. The van der Waals surface area contributed by atoms with Crippen LogP contribution in [0.3, 0.4) is 0 Å². The Bertz CT molecular complexity index is 230. The highest BCUT2D eigenvalue weighted by molar-refractivity contribution is 5.93. The van der Waals surface area contributed by atoms with Crippen LogP contribution >= 0.6 is 0 Å². The number of amides is 1. The second-order valence-corrected chi connectivity index (χ2v) is 2.68. The smallest absolute Gasteiger partial charge is 0.308 e. The quantitative estimate of drug-likeness (QED) is 0.600. The predicted octanol–water partition coefficient (Wildman–Crippen LogP) is 0.237. The first-order valence-corrected chi connectivity index (χ1v) is 4.09. The number of hydrogen-bond acceptors (Lipinski definition) is 2. The fraction of sp³-hybridized carbons (Fsp3) is 0.556. The number of aliphatic carboxylic acids is 1. The zero-order valence-corrected chi connectivity index (χ0v) is 7.54. The lowest BCUT2D eigenvalue weighted by atomic mass is 10.0. The number of carbonyl (C=O) groups is 2. The number of carbonyl (C=O) groups excluding carboxylic acids is 1. The minimum absolute atomic E-state index is 0.103. The molecule has 0 heterocycles. The third-order valence-electron chi connectivity index (χ3n) is 1.63. The molecule has 0 aliphatic heterocycles. The van der Waals surface area contributed by atoms with E-state index in [4.69, 9.17) is 11.5 Å². The summed E-state index contributed by atoms with van der Waals surface area (Å²) in [5.41, 5.74) is 0. The van der Waals surface area contributed by atoms with Gasteiger partial charge in [-0.1, -0.05) is 13.3 Å². The molecule has 0 saturated heterocycles. The van der Waals surface area contributed by atoms with E-state index in [2.05, 4.69) is 5.32 Å². The molecule has 0 saturated carbocycles. The van der Waals surface area contributed by atoms with E-state index in [1.807, 2.05) is 12.8 Å². The van der Waals surface area contributed by atoms with Gasteiger partial charge in [-0.15, -0.1) is 6.42 Å². The van der Waals surface area contributed by atoms with Gasteiger partial charge in [0.25, 0.3) is 5.91 Å². The van der Waals surface area contributed by atoms with Crippen LogP contribution in [0.25, 0.3) is 0 Å². The van der Waals surface area contributed by atoms with Crippen molar-refractivity contribution >= 4 is 11.9 Å². The summed E-state index contributed by atoms with van der Waals surface area (Å²) in [5, 5.41) is 11.0. The molecule has 1 amide bonds. The van der Waals surface area contributed by atoms with Gasteiger partial charge in [-0.25, -0.2) is 0 Å². The Morgan fingerprint density at radius 2 is 2.23 bits per heavy atom. The monoisotopic (exact) mass is 183 g/mol. The van der Waals surface area contributed by atoms with Gasteiger partial charge in [0.1, 0.15) is 0 Å². The van der Waals surface area contributed by atoms with Crippen molar-refractivity contribution in [3.63, 3.8) is 0 Å². The largest absolute Gasteiger partial charge is 0.481 e. The molecule has 0 aromatic carbocycles. The first-order chi connectivity index (χ1) is 6.11. The second-order valence-electron chi connectivity index (χ2n) is 2.68. The highest BCUT2D eigenvalue weighted by Gasteiger charge is 2.16. The fourth-order valence-electron chi connectivity index (χ4n) is 0.928. The SMILES string of the molecule is C#CC(=O)NCC(CCC)C(=O)O. The lowest BCUT2D eigenvalue weighted by Crippen LogP contribution is -2.31. The number of nitrogens with one attached hydrogen (secondary N) is 1. The van der Waals surface area contributed by atoms with E-state index in [-0.39, 0.29) is 6.54 Å². The van der Waals surface area contributed by atoms with E-state index in [0.29, 0.717) is 6.42 Å². The standard InChI is InChI=1S/C9H13NO3/c1-3-5-7(9(12)13)6-10-8(11)4-2/h2,7H,3,5-6H2,1H3,(H,10,11)(H,12,13). The van der Waals surface area contributed by atoms with Gasteiger partial charge in [0, 0.05) is 6.54 Å². The maximum atomic E-state index is 10.6. The van der Waals surface area contributed by atoms with Crippen LogP contribution < -0.4 is 5.32 Å². The minimum Gasteiger partial charge on any atom is -0.481 e. The highest BCUT2D eigenvalue weighted by Crippen LogP contribution is 2.04. The van der Waals surface area contributed by atoms with E-state index >= 15 is 0 Å². The minimum atomic E-state index is -0.904. The molecule has 1 unspecified atom stereocenters. The first-order valence-electron chi connectivity index (χ1n) is 4.09. The van der Waals surface area contributed by atoms with Crippen molar-refractivity contribution in [1.82, 2.24) is 5.32 Å². The van der Waals surface area contributed by atoms with Crippen molar-refractivity contribution in [3.8, 4) is 12.3 Å². The predicted molar refractivity (Wildman–Crippen MR) is 47.9 cm³/mol. The Kier molecular flexibility index (Phi) is 5.37. The Morgan fingerprint density at radius 3 is 2.62 bits per heavy atom. The Hall–Kier alpha value is -1.50. The summed E-state index contributed by atoms with van der Waals surface area (Å²) in [7, 11) is 0. The third-order valence-corrected chi connectivity index (χ3v) is 1.63. The molecule has 0 aromatic rings. The van der Waals surface area contributed by atoms with E-state index in [1.165, 1.54) is 0 Å². The van der Waals surface area contributed by atoms with Crippen LogP contribution in [0.2, 0.25) is 0 Å². The molecular formula is C9H13NO3. The van der Waals surface area contributed by atoms with Crippen LogP contribution in [-0.4, -0.2) is 23.5 Å². The molecule has 0 fully saturated rings. The number of hydrogen-bond donors (Lipinski definition) is 2. The van der Waals surface area contributed by atoms with E-state index in [1.54, 1.807) is 0 Å². The summed E-state index contributed by atoms with van der Waals surface area (Å²) < 4.78 is 0. The molecule has 0 aliphatic carbocycles. The molecule has 72 valence electrons. The van der Waals surface area contributed by atoms with Crippen molar-refractivity contribution in [2.24, 2.45) is 5.92 Å². The number of terminal acetylenes is 1. The lowest BCUT2D eigenvalue weighted by Gasteiger charge is -2.10. The van der Waals surface area contributed by atoms with E-state index in [9.17, 15) is 9.59 Å². The van der Waals surface area contributed by atoms with Crippen LogP contribution in [0, 0.1) is 18.3 Å². The summed E-state index contributed by atoms with van der Waals surface area (Å²) in [5.74, 6) is -0.152. The summed E-state index contributed by atoms with van der Waals surface area (Å²) in [4.78, 5) is 21.2. The number of carboxylic acid groups (broad SMARTS) is 1. The average Bonchev–Trinajstić information content (AvgIpc) is 2.11. The molecule has 4 heteroatoms. The molecule has 1 atom stereocenters. The highest BCUT2D eigenvalue weighted by atomic mass is 16.4. The molecule has 0 bridgehead atoms. The first kappa shape index (κ1) is 11.5. The maximum absolute atomic E-state index is 10.6. The van der Waals surface area contributed by atoms with Gasteiger partial charge in [-0.3, -0.25) is 9.59 Å². The van der Waals surface area contributed by atoms with Crippen LogP contribution in [0.4, 0.5) is 0 Å². The van der Waals surface area contributed by atoms with Gasteiger partial charge in [0.05, 0.1) is 5.92 Å². The second kappa shape index (κ2) is 6.06. The van der Waals surface area contributed by atoms with Gasteiger partial charge < -0.3 is 10.4 Å². The zero-order chi connectivity index (χ0) is 10.3. The Balaban J connectivity index is 3.91. The summed E-state index contributed by atoms with van der Waals surface area (Å²) >= 11 is 0. The molecule has 0 radical (unpaired) electrons. The van der Waals surface area contributed by atoms with Crippen LogP contribution in [0.1, 0.15) is 19.8 Å². The molecule has 0 spiro atoms. The number of carboxylic acids is 1. The summed E-state index contributed by atoms with van der Waals surface area (Å²) in [6.45, 7) is 1.99. The third kappa shape index (κ3) is 4.86. The molecule has 13 heavy (non-hydrogen) atoms. The van der Waals surface area contributed by atoms with Crippen molar-refractivity contribution < 1.29 is 14.7 Å². The van der Waals surface area contributed by atoms with Crippen LogP contribution in [0.15, 0.2) is 0 Å². The fourth-order valence-corrected chi connectivity index (χ4v) is 0.928. The van der Waals surface area contributed by atoms with E-state index < -0.39 is 17.8 Å². The van der Waals surface area contributed by atoms with Gasteiger partial charge >= 0.3 is 5.97 Å². The van der Waals surface area contributed by atoms with Crippen molar-refractivity contribution in [1.29, 1.82) is 0 Å². The summed E-state index contributed by atoms with van der Waals surface area (Å²) in [6.07, 6.45) is 6.11. The topological polar surface area (TPSA) is 66.4 Å². The molecule has 0 aromatic heterocycles. The molecule has 0 rings (SSSR count). The molecular weight excluding hydrogens is 170 g/mol. The molecule has 0 aliphatic rings. The summed E-state index contributed by atoms with van der Waals surface area (Å²) in [6, 6.07) is 0. The van der Waals surface area contributed by atoms with Gasteiger partial charge in [0.2, 0.25) is 0 Å². The van der Waals surface area contributed by atoms with Crippen LogP contribution in [-0.2, 0) is 9.59 Å². The molecule has 4 nitrogen and oxygen atoms in total. The van der Waals surface area contributed by atoms with Crippen molar-refractivity contribution in [2.75, 3.05) is 6.54 Å². The van der Waals surface area contributed by atoms with Gasteiger partial charge in [0.15, 0.2) is 0 Å².